The third-order valence-electron chi connectivity index (χ3n) is 6.05. The zero-order chi connectivity index (χ0) is 26.0. The number of hydrogen-bond donors (Lipinski definition) is 2. The Kier molecular flexibility index (Phi) is 10.4. The summed E-state index contributed by atoms with van der Waals surface area (Å²) >= 11 is 0. The molecule has 0 bridgehead atoms. The van der Waals surface area contributed by atoms with E-state index in [1.165, 1.54) is 14.2 Å². The number of methoxy groups -OCH3 is 2. The molecule has 0 aliphatic rings. The lowest BCUT2D eigenvalue weighted by atomic mass is 10.0. The average Bonchev–Trinajstić information content (AvgIpc) is 2.85. The third kappa shape index (κ3) is 7.89. The summed E-state index contributed by atoms with van der Waals surface area (Å²) in [6.07, 6.45) is 1.26. The zero-order valence-corrected chi connectivity index (χ0v) is 21.9. The highest BCUT2D eigenvalue weighted by Gasteiger charge is 2.26. The van der Waals surface area contributed by atoms with E-state index in [0.717, 1.165) is 12.0 Å². The van der Waals surface area contributed by atoms with Crippen LogP contribution >= 0.6 is 0 Å². The smallest absolute Gasteiger partial charge is 0.252 e. The summed E-state index contributed by atoms with van der Waals surface area (Å²) in [6, 6.07) is 12.3. The molecule has 8 heteroatoms. The second kappa shape index (κ2) is 13.0. The van der Waals surface area contributed by atoms with E-state index in [2.05, 4.69) is 10.6 Å². The number of likely N-dealkylation sites (N-methyl/N-ethyl adjacent to an activating group) is 1. The molecule has 192 valence electrons. The molecule has 1 atom stereocenters. The lowest BCUT2D eigenvalue weighted by molar-refractivity contribution is -0.123. The molecule has 0 heterocycles. The number of rotatable bonds is 13. The van der Waals surface area contributed by atoms with Gasteiger partial charge in [-0.1, -0.05) is 43.7 Å². The number of carbonyl (C=O) groups is 2. The van der Waals surface area contributed by atoms with E-state index >= 15 is 0 Å². The molecule has 2 rings (SSSR count). The summed E-state index contributed by atoms with van der Waals surface area (Å²) < 4.78 is 17.0. The molecule has 0 aliphatic heterocycles. The average molecular weight is 486 g/mol. The minimum absolute atomic E-state index is 0.211. The van der Waals surface area contributed by atoms with Crippen molar-refractivity contribution in [2.24, 2.45) is 0 Å². The lowest BCUT2D eigenvalue weighted by Gasteiger charge is -2.33. The van der Waals surface area contributed by atoms with Crippen molar-refractivity contribution in [1.29, 1.82) is 0 Å². The predicted molar refractivity (Wildman–Crippen MR) is 137 cm³/mol. The first-order chi connectivity index (χ1) is 16.6. The molecular formula is C27H39N3O5. The van der Waals surface area contributed by atoms with Crippen molar-refractivity contribution in [3.8, 4) is 17.2 Å². The van der Waals surface area contributed by atoms with Crippen LogP contribution in [0.2, 0.25) is 0 Å². The first-order valence-electron chi connectivity index (χ1n) is 11.8. The van der Waals surface area contributed by atoms with Gasteiger partial charge in [0.05, 0.1) is 14.2 Å². The molecule has 0 aliphatic carbocycles. The molecule has 2 N–H and O–H groups in total. The van der Waals surface area contributed by atoms with Gasteiger partial charge < -0.3 is 29.7 Å². The highest BCUT2D eigenvalue weighted by Crippen LogP contribution is 2.39. The van der Waals surface area contributed by atoms with Gasteiger partial charge in [-0.05, 0) is 52.1 Å². The summed E-state index contributed by atoms with van der Waals surface area (Å²) in [4.78, 5) is 28.0. The molecule has 0 unspecified atom stereocenters. The molecule has 0 saturated heterocycles. The molecule has 2 amide bonds. The Morgan fingerprint density at radius 1 is 1.03 bits per heavy atom. The summed E-state index contributed by atoms with van der Waals surface area (Å²) in [5.41, 5.74) is 1.09. The van der Waals surface area contributed by atoms with Crippen LogP contribution in [-0.2, 0) is 11.4 Å². The molecule has 0 fully saturated rings. The number of hydrogen-bond acceptors (Lipinski definition) is 6. The fourth-order valence-electron chi connectivity index (χ4n) is 3.27. The fourth-order valence-corrected chi connectivity index (χ4v) is 3.27. The summed E-state index contributed by atoms with van der Waals surface area (Å²) in [6.45, 7) is 6.84. The van der Waals surface area contributed by atoms with E-state index < -0.39 is 11.9 Å². The van der Waals surface area contributed by atoms with Crippen LogP contribution < -0.4 is 24.8 Å². The van der Waals surface area contributed by atoms with Crippen LogP contribution in [0.15, 0.2) is 42.5 Å². The standard InChI is InChI=1S/C27H39N3O5/c1-8-12-21(26(32)28-18-27(2,3)30(4)5)29-25(31)20-15-22(33-6)24(23(16-20)34-7)35-17-19-13-10-9-11-14-19/h9-11,13-16,21H,8,12,17-18H2,1-7H3,(H,28,32)(H,29,31)/t21-/m0/s1. The molecule has 0 spiro atoms. The fraction of sp³-hybridized carbons (Fsp3) is 0.481. The lowest BCUT2D eigenvalue weighted by Crippen LogP contribution is -2.53. The van der Waals surface area contributed by atoms with Crippen LogP contribution in [0.3, 0.4) is 0 Å². The van der Waals surface area contributed by atoms with Crippen LogP contribution in [0.5, 0.6) is 17.2 Å². The van der Waals surface area contributed by atoms with Crippen LogP contribution in [0.25, 0.3) is 0 Å². The van der Waals surface area contributed by atoms with E-state index in [-0.39, 0.29) is 11.4 Å². The molecule has 0 radical (unpaired) electrons. The quantitative estimate of drug-likeness (QED) is 0.450. The first-order valence-corrected chi connectivity index (χ1v) is 11.8. The van der Waals surface area contributed by atoms with Gasteiger partial charge in [-0.2, -0.15) is 0 Å². The zero-order valence-electron chi connectivity index (χ0n) is 21.9. The predicted octanol–water partition coefficient (Wildman–Crippen LogP) is 3.64. The van der Waals surface area contributed by atoms with Crippen molar-refractivity contribution in [1.82, 2.24) is 15.5 Å². The van der Waals surface area contributed by atoms with Gasteiger partial charge in [-0.25, -0.2) is 0 Å². The van der Waals surface area contributed by atoms with Crippen molar-refractivity contribution < 1.29 is 23.8 Å². The molecule has 0 saturated carbocycles. The number of ether oxygens (including phenoxy) is 3. The summed E-state index contributed by atoms with van der Waals surface area (Å²) in [5, 5.41) is 5.83. The van der Waals surface area contributed by atoms with Crippen LogP contribution in [-0.4, -0.2) is 63.2 Å². The maximum Gasteiger partial charge on any atom is 0.252 e. The molecular weight excluding hydrogens is 446 g/mol. The Morgan fingerprint density at radius 2 is 1.63 bits per heavy atom. The van der Waals surface area contributed by atoms with E-state index in [1.54, 1.807) is 12.1 Å². The number of carbonyl (C=O) groups excluding carboxylic acids is 2. The van der Waals surface area contributed by atoms with Gasteiger partial charge in [0, 0.05) is 17.6 Å². The second-order valence-electron chi connectivity index (χ2n) is 9.22. The van der Waals surface area contributed by atoms with Gasteiger partial charge in [0.15, 0.2) is 11.5 Å². The van der Waals surface area contributed by atoms with Gasteiger partial charge in [0.2, 0.25) is 11.7 Å². The maximum atomic E-state index is 13.1. The summed E-state index contributed by atoms with van der Waals surface area (Å²) in [7, 11) is 6.94. The minimum atomic E-state index is -0.656. The SMILES string of the molecule is CCC[C@H](NC(=O)c1cc(OC)c(OCc2ccccc2)c(OC)c1)C(=O)NCC(C)(C)N(C)C. The molecule has 2 aromatic rings. The van der Waals surface area contributed by atoms with Crippen molar-refractivity contribution in [2.75, 3.05) is 34.9 Å². The van der Waals surface area contributed by atoms with E-state index in [0.29, 0.717) is 42.4 Å². The molecule has 2 aromatic carbocycles. The van der Waals surface area contributed by atoms with E-state index in [9.17, 15) is 9.59 Å². The monoisotopic (exact) mass is 485 g/mol. The van der Waals surface area contributed by atoms with Crippen LogP contribution in [0.1, 0.15) is 49.5 Å². The number of nitrogens with zero attached hydrogens (tertiary/aromatic N) is 1. The minimum Gasteiger partial charge on any atom is -0.493 e. The van der Waals surface area contributed by atoms with E-state index in [1.807, 2.05) is 70.1 Å². The van der Waals surface area contributed by atoms with Gasteiger partial charge in [-0.15, -0.1) is 0 Å². The first kappa shape index (κ1) is 28.0. The topological polar surface area (TPSA) is 89.1 Å². The maximum absolute atomic E-state index is 13.1. The second-order valence-corrected chi connectivity index (χ2v) is 9.22. The van der Waals surface area contributed by atoms with Gasteiger partial charge >= 0.3 is 0 Å². The third-order valence-corrected chi connectivity index (χ3v) is 6.05. The van der Waals surface area contributed by atoms with Crippen LogP contribution in [0.4, 0.5) is 0 Å². The Morgan fingerprint density at radius 3 is 2.14 bits per heavy atom. The Balaban J connectivity index is 2.18. The number of nitrogens with one attached hydrogen (secondary N) is 2. The Labute approximate surface area is 208 Å². The molecule has 35 heavy (non-hydrogen) atoms. The van der Waals surface area contributed by atoms with Crippen molar-refractivity contribution in [3.63, 3.8) is 0 Å². The van der Waals surface area contributed by atoms with Gasteiger partial charge in [0.1, 0.15) is 12.6 Å². The highest BCUT2D eigenvalue weighted by atomic mass is 16.5. The van der Waals surface area contributed by atoms with Gasteiger partial charge in [0.25, 0.3) is 5.91 Å². The van der Waals surface area contributed by atoms with Crippen LogP contribution in [0, 0.1) is 0 Å². The highest BCUT2D eigenvalue weighted by molar-refractivity contribution is 5.98. The Bertz CT molecular complexity index is 951. The van der Waals surface area contributed by atoms with Crippen molar-refractivity contribution in [3.05, 3.63) is 53.6 Å². The van der Waals surface area contributed by atoms with E-state index in [4.69, 9.17) is 14.2 Å². The number of benzene rings is 2. The largest absolute Gasteiger partial charge is 0.493 e. The van der Waals surface area contributed by atoms with Gasteiger partial charge in [-0.3, -0.25) is 9.59 Å². The molecule has 8 nitrogen and oxygen atoms in total. The summed E-state index contributed by atoms with van der Waals surface area (Å²) in [5.74, 6) is 0.544. The van der Waals surface area contributed by atoms with Crippen molar-refractivity contribution >= 4 is 11.8 Å². The molecule has 0 aromatic heterocycles. The normalized spacial score (nSPS) is 12.1. The van der Waals surface area contributed by atoms with Crippen molar-refractivity contribution in [2.45, 2.75) is 51.8 Å². The Hall–Kier alpha value is -3.26. The number of amides is 2.